The second-order valence-electron chi connectivity index (χ2n) is 6.14. The molecule has 1 aromatic heterocycles. The molecule has 1 saturated heterocycles. The fourth-order valence-corrected chi connectivity index (χ4v) is 4.25. The molecule has 2 nitrogen and oxygen atoms in total. The topological polar surface area (TPSA) is 15.3 Å². The van der Waals surface area contributed by atoms with E-state index in [0.717, 1.165) is 0 Å². The predicted molar refractivity (Wildman–Crippen MR) is 84.8 cm³/mol. The molecule has 2 unspecified atom stereocenters. The van der Waals surface area contributed by atoms with Gasteiger partial charge in [-0.3, -0.25) is 4.90 Å². The molecule has 0 radical (unpaired) electrons. The number of hydrogen-bond donors (Lipinski definition) is 1. The second kappa shape index (κ2) is 6.87. The van der Waals surface area contributed by atoms with Gasteiger partial charge in [0.2, 0.25) is 0 Å². The number of hydrogen-bond acceptors (Lipinski definition) is 3. The van der Waals surface area contributed by atoms with Crippen LogP contribution in [0.3, 0.4) is 0 Å². The maximum atomic E-state index is 3.62. The lowest BCUT2D eigenvalue weighted by molar-refractivity contribution is 0.101. The molecule has 0 bridgehead atoms. The van der Waals surface area contributed by atoms with Crippen molar-refractivity contribution in [3.63, 3.8) is 0 Å². The Labute approximate surface area is 122 Å². The van der Waals surface area contributed by atoms with E-state index in [-0.39, 0.29) is 0 Å². The standard InChI is InChI=1S/C16H28N2S/c1-4-8-16(9-6-10-17-12-16)13-18(3)14(2)15-7-5-11-19-15/h5,7,11,14,17H,4,6,8-10,12-13H2,1-3H3. The third-order valence-electron chi connectivity index (χ3n) is 4.54. The molecule has 19 heavy (non-hydrogen) atoms. The van der Waals surface area contributed by atoms with Crippen LogP contribution in [0.4, 0.5) is 0 Å². The molecule has 2 atom stereocenters. The van der Waals surface area contributed by atoms with E-state index in [1.807, 2.05) is 11.3 Å². The Hall–Kier alpha value is -0.380. The van der Waals surface area contributed by atoms with Gasteiger partial charge in [0.05, 0.1) is 0 Å². The maximum Gasteiger partial charge on any atom is 0.0410 e. The maximum absolute atomic E-state index is 3.62. The summed E-state index contributed by atoms with van der Waals surface area (Å²) < 4.78 is 0. The number of rotatable bonds is 6. The summed E-state index contributed by atoms with van der Waals surface area (Å²) in [6.45, 7) is 8.27. The zero-order valence-corrected chi connectivity index (χ0v) is 13.4. The van der Waals surface area contributed by atoms with Crippen LogP contribution in [-0.2, 0) is 0 Å². The first-order valence-corrected chi connectivity index (χ1v) is 8.49. The van der Waals surface area contributed by atoms with Gasteiger partial charge in [-0.05, 0) is 56.6 Å². The van der Waals surface area contributed by atoms with E-state index < -0.39 is 0 Å². The lowest BCUT2D eigenvalue weighted by Crippen LogP contribution is -2.47. The van der Waals surface area contributed by atoms with Crippen LogP contribution in [-0.4, -0.2) is 31.6 Å². The minimum absolute atomic E-state index is 0.493. The van der Waals surface area contributed by atoms with Gasteiger partial charge in [-0.25, -0.2) is 0 Å². The molecule has 1 aromatic rings. The van der Waals surface area contributed by atoms with Crippen molar-refractivity contribution in [2.75, 3.05) is 26.7 Å². The molecule has 1 fully saturated rings. The molecular formula is C16H28N2S. The zero-order valence-electron chi connectivity index (χ0n) is 12.6. The Morgan fingerprint density at radius 1 is 1.53 bits per heavy atom. The summed E-state index contributed by atoms with van der Waals surface area (Å²) in [5.41, 5.74) is 0.493. The van der Waals surface area contributed by atoms with Crippen molar-refractivity contribution in [3.8, 4) is 0 Å². The Morgan fingerprint density at radius 3 is 2.95 bits per heavy atom. The Balaban J connectivity index is 2.00. The molecule has 1 aliphatic heterocycles. The van der Waals surface area contributed by atoms with Crippen molar-refractivity contribution in [1.29, 1.82) is 0 Å². The smallest absolute Gasteiger partial charge is 0.0410 e. The molecular weight excluding hydrogens is 252 g/mol. The third-order valence-corrected chi connectivity index (χ3v) is 5.58. The highest BCUT2D eigenvalue weighted by Crippen LogP contribution is 2.35. The highest BCUT2D eigenvalue weighted by atomic mass is 32.1. The van der Waals surface area contributed by atoms with Crippen molar-refractivity contribution in [3.05, 3.63) is 22.4 Å². The van der Waals surface area contributed by atoms with Crippen molar-refractivity contribution in [2.24, 2.45) is 5.41 Å². The summed E-state index contributed by atoms with van der Waals surface area (Å²) in [7, 11) is 2.29. The van der Waals surface area contributed by atoms with Crippen LogP contribution in [0.2, 0.25) is 0 Å². The SMILES string of the molecule is CCCC1(CN(C)C(C)c2cccs2)CCCNC1. The van der Waals surface area contributed by atoms with E-state index in [1.165, 1.54) is 50.2 Å². The second-order valence-corrected chi connectivity index (χ2v) is 7.12. The van der Waals surface area contributed by atoms with Crippen LogP contribution in [0.25, 0.3) is 0 Å². The highest BCUT2D eigenvalue weighted by molar-refractivity contribution is 7.10. The highest BCUT2D eigenvalue weighted by Gasteiger charge is 2.33. The molecule has 3 heteroatoms. The summed E-state index contributed by atoms with van der Waals surface area (Å²) in [6, 6.07) is 4.96. The molecule has 1 aliphatic rings. The molecule has 0 saturated carbocycles. The molecule has 2 rings (SSSR count). The van der Waals surface area contributed by atoms with Gasteiger partial charge in [0.15, 0.2) is 0 Å². The molecule has 2 heterocycles. The van der Waals surface area contributed by atoms with E-state index in [9.17, 15) is 0 Å². The van der Waals surface area contributed by atoms with Gasteiger partial charge in [-0.1, -0.05) is 19.4 Å². The van der Waals surface area contributed by atoms with Crippen LogP contribution in [0.5, 0.6) is 0 Å². The lowest BCUT2D eigenvalue weighted by Gasteiger charge is -2.42. The summed E-state index contributed by atoms with van der Waals surface area (Å²) in [5, 5.41) is 5.80. The van der Waals surface area contributed by atoms with Gasteiger partial charge in [0, 0.05) is 24.0 Å². The number of nitrogens with zero attached hydrogens (tertiary/aromatic N) is 1. The minimum atomic E-state index is 0.493. The fraction of sp³-hybridized carbons (Fsp3) is 0.750. The largest absolute Gasteiger partial charge is 0.316 e. The number of thiophene rings is 1. The van der Waals surface area contributed by atoms with Gasteiger partial charge >= 0.3 is 0 Å². The normalized spacial score (nSPS) is 25.7. The van der Waals surface area contributed by atoms with Crippen LogP contribution in [0.1, 0.15) is 50.4 Å². The average Bonchev–Trinajstić information content (AvgIpc) is 2.93. The van der Waals surface area contributed by atoms with Crippen molar-refractivity contribution in [1.82, 2.24) is 10.2 Å². The van der Waals surface area contributed by atoms with E-state index in [1.54, 1.807) is 0 Å². The van der Waals surface area contributed by atoms with Gasteiger partial charge in [-0.15, -0.1) is 11.3 Å². The Bertz CT molecular complexity index is 349. The molecule has 0 amide bonds. The fourth-order valence-electron chi connectivity index (χ4n) is 3.40. The van der Waals surface area contributed by atoms with Crippen LogP contribution < -0.4 is 5.32 Å². The first-order chi connectivity index (χ1) is 9.17. The number of piperidine rings is 1. The first kappa shape index (κ1) is 15.0. The van der Waals surface area contributed by atoms with Crippen LogP contribution >= 0.6 is 11.3 Å². The van der Waals surface area contributed by atoms with E-state index >= 15 is 0 Å². The molecule has 0 aliphatic carbocycles. The van der Waals surface area contributed by atoms with Crippen molar-refractivity contribution >= 4 is 11.3 Å². The van der Waals surface area contributed by atoms with Crippen LogP contribution in [0.15, 0.2) is 17.5 Å². The van der Waals surface area contributed by atoms with E-state index in [4.69, 9.17) is 0 Å². The van der Waals surface area contributed by atoms with E-state index in [2.05, 4.69) is 48.6 Å². The van der Waals surface area contributed by atoms with E-state index in [0.29, 0.717) is 11.5 Å². The van der Waals surface area contributed by atoms with Gasteiger partial charge < -0.3 is 5.32 Å². The first-order valence-electron chi connectivity index (χ1n) is 7.61. The molecule has 0 spiro atoms. The Morgan fingerprint density at radius 2 is 2.37 bits per heavy atom. The molecule has 0 aromatic carbocycles. The summed E-state index contributed by atoms with van der Waals surface area (Å²) in [5.74, 6) is 0. The van der Waals surface area contributed by atoms with Gasteiger partial charge in [0.25, 0.3) is 0 Å². The van der Waals surface area contributed by atoms with Crippen LogP contribution in [0, 0.1) is 5.41 Å². The summed E-state index contributed by atoms with van der Waals surface area (Å²) in [4.78, 5) is 4.03. The monoisotopic (exact) mass is 280 g/mol. The average molecular weight is 280 g/mol. The van der Waals surface area contributed by atoms with Crippen molar-refractivity contribution in [2.45, 2.75) is 45.6 Å². The lowest BCUT2D eigenvalue weighted by atomic mass is 9.76. The predicted octanol–water partition coefficient (Wildman–Crippen LogP) is 3.91. The summed E-state index contributed by atoms with van der Waals surface area (Å²) in [6.07, 6.45) is 5.36. The van der Waals surface area contributed by atoms with Gasteiger partial charge in [0.1, 0.15) is 0 Å². The zero-order chi connectivity index (χ0) is 13.7. The minimum Gasteiger partial charge on any atom is -0.316 e. The Kier molecular flexibility index (Phi) is 5.43. The van der Waals surface area contributed by atoms with Gasteiger partial charge in [-0.2, -0.15) is 0 Å². The molecule has 108 valence electrons. The number of nitrogens with one attached hydrogen (secondary N) is 1. The molecule has 1 N–H and O–H groups in total. The summed E-state index contributed by atoms with van der Waals surface area (Å²) >= 11 is 1.88. The quantitative estimate of drug-likeness (QED) is 0.850. The third kappa shape index (κ3) is 3.80. The van der Waals surface area contributed by atoms with Crippen molar-refractivity contribution < 1.29 is 0 Å².